The smallest absolute Gasteiger partial charge is 0.164 e. The quantitative estimate of drug-likeness (QED) is 0.207. The summed E-state index contributed by atoms with van der Waals surface area (Å²) in [6, 6.07) is 44.0. The number of allylic oxidation sites excluding steroid dienone is 2. The minimum absolute atomic E-state index is 0.0685. The van der Waals surface area contributed by atoms with Crippen LogP contribution in [0.2, 0.25) is 0 Å². The van der Waals surface area contributed by atoms with E-state index >= 15 is 0 Å². The van der Waals surface area contributed by atoms with Gasteiger partial charge in [-0.25, -0.2) is 15.0 Å². The number of hydrogen-bond donors (Lipinski definition) is 0. The highest BCUT2D eigenvalue weighted by atomic mass is 32.1. The van der Waals surface area contributed by atoms with Crippen molar-refractivity contribution in [2.45, 2.75) is 12.0 Å². The Kier molecular flexibility index (Phi) is 5.78. The molecule has 2 aliphatic rings. The average Bonchev–Trinajstić information content (AvgIpc) is 3.67. The number of aromatic nitrogens is 3. The molecular formula is C39H25N3OS. The minimum Gasteiger partial charge on any atom is -0.485 e. The largest absolute Gasteiger partial charge is 0.485 e. The highest BCUT2D eigenvalue weighted by molar-refractivity contribution is 7.25. The molecule has 7 aromatic rings. The summed E-state index contributed by atoms with van der Waals surface area (Å²) in [5.74, 6) is 2.81. The monoisotopic (exact) mass is 583 g/mol. The predicted molar refractivity (Wildman–Crippen MR) is 180 cm³/mol. The van der Waals surface area contributed by atoms with Gasteiger partial charge in [-0.1, -0.05) is 115 Å². The van der Waals surface area contributed by atoms with Gasteiger partial charge in [0, 0.05) is 42.4 Å². The van der Waals surface area contributed by atoms with Crippen LogP contribution >= 0.6 is 11.3 Å². The molecule has 0 amide bonds. The molecule has 4 nitrogen and oxygen atoms in total. The highest BCUT2D eigenvalue weighted by Crippen LogP contribution is 2.52. The maximum absolute atomic E-state index is 6.53. The number of hydrogen-bond acceptors (Lipinski definition) is 5. The zero-order valence-electron chi connectivity index (χ0n) is 23.6. The van der Waals surface area contributed by atoms with Crippen LogP contribution in [0.4, 0.5) is 0 Å². The fourth-order valence-electron chi connectivity index (χ4n) is 6.58. The van der Waals surface area contributed by atoms with Gasteiger partial charge in [-0.3, -0.25) is 0 Å². The lowest BCUT2D eigenvalue weighted by atomic mass is 9.78. The average molecular weight is 584 g/mol. The lowest BCUT2D eigenvalue weighted by molar-refractivity contribution is 0.271. The SMILES string of the molecule is C1=CC2Oc3ccccc3C2C(c2nc(-c3ccccc3)nc(-c3ccccc3)n2)=C1c1cccc2sc3ccccc3c12. The number of fused-ring (bicyclic) bond motifs is 6. The first-order valence-electron chi connectivity index (χ1n) is 14.8. The zero-order chi connectivity index (χ0) is 29.0. The molecule has 0 bridgehead atoms. The first-order chi connectivity index (χ1) is 21.8. The summed E-state index contributed by atoms with van der Waals surface area (Å²) in [6.07, 6.45) is 4.27. The number of ether oxygens (including phenoxy) is 1. The van der Waals surface area contributed by atoms with Gasteiger partial charge in [0.25, 0.3) is 0 Å². The maximum Gasteiger partial charge on any atom is 0.164 e. The van der Waals surface area contributed by atoms with Crippen molar-refractivity contribution in [3.63, 3.8) is 0 Å². The van der Waals surface area contributed by atoms with E-state index in [4.69, 9.17) is 19.7 Å². The molecule has 1 aliphatic carbocycles. The van der Waals surface area contributed by atoms with Gasteiger partial charge in [0.1, 0.15) is 11.9 Å². The Morgan fingerprint density at radius 3 is 1.98 bits per heavy atom. The Morgan fingerprint density at radius 1 is 0.568 bits per heavy atom. The molecule has 2 aromatic heterocycles. The third-order valence-electron chi connectivity index (χ3n) is 8.53. The molecule has 5 heteroatoms. The van der Waals surface area contributed by atoms with Gasteiger partial charge in [-0.15, -0.1) is 11.3 Å². The topological polar surface area (TPSA) is 47.9 Å². The number of para-hydroxylation sites is 1. The molecule has 0 radical (unpaired) electrons. The molecule has 1 aliphatic heterocycles. The van der Waals surface area contributed by atoms with Crippen molar-refractivity contribution in [1.82, 2.24) is 15.0 Å². The summed E-state index contributed by atoms with van der Waals surface area (Å²) < 4.78 is 9.07. The normalized spacial score (nSPS) is 17.1. The summed E-state index contributed by atoms with van der Waals surface area (Å²) in [4.78, 5) is 15.4. The zero-order valence-corrected chi connectivity index (χ0v) is 24.4. The van der Waals surface area contributed by atoms with Crippen LogP contribution in [-0.2, 0) is 0 Å². The first-order valence-corrected chi connectivity index (χ1v) is 15.6. The van der Waals surface area contributed by atoms with Crippen LogP contribution < -0.4 is 4.74 Å². The van der Waals surface area contributed by atoms with Crippen LogP contribution in [0.15, 0.2) is 140 Å². The lowest BCUT2D eigenvalue weighted by Gasteiger charge is -2.26. The predicted octanol–water partition coefficient (Wildman–Crippen LogP) is 9.60. The van der Waals surface area contributed by atoms with E-state index in [1.165, 1.54) is 25.7 Å². The maximum atomic E-state index is 6.53. The van der Waals surface area contributed by atoms with Crippen molar-refractivity contribution in [1.29, 1.82) is 0 Å². The summed E-state index contributed by atoms with van der Waals surface area (Å²) in [6.45, 7) is 0. The second-order valence-electron chi connectivity index (χ2n) is 11.1. The van der Waals surface area contributed by atoms with Crippen molar-refractivity contribution in [3.8, 4) is 28.5 Å². The van der Waals surface area contributed by atoms with Gasteiger partial charge in [-0.05, 0) is 35.4 Å². The second-order valence-corrected chi connectivity index (χ2v) is 12.2. The highest BCUT2D eigenvalue weighted by Gasteiger charge is 2.41. The van der Waals surface area contributed by atoms with Crippen LogP contribution in [0.5, 0.6) is 5.75 Å². The third-order valence-corrected chi connectivity index (χ3v) is 9.67. The summed E-state index contributed by atoms with van der Waals surface area (Å²) in [5, 5.41) is 2.52. The second kappa shape index (κ2) is 10.1. The summed E-state index contributed by atoms with van der Waals surface area (Å²) in [5.41, 5.74) is 6.41. The van der Waals surface area contributed by atoms with Crippen molar-refractivity contribution in [3.05, 3.63) is 156 Å². The van der Waals surface area contributed by atoms with Crippen LogP contribution in [0.3, 0.4) is 0 Å². The molecule has 0 saturated heterocycles. The fourth-order valence-corrected chi connectivity index (χ4v) is 7.71. The van der Waals surface area contributed by atoms with Gasteiger partial charge in [0.2, 0.25) is 0 Å². The van der Waals surface area contributed by atoms with Crippen molar-refractivity contribution in [2.24, 2.45) is 0 Å². The van der Waals surface area contributed by atoms with Crippen molar-refractivity contribution < 1.29 is 4.74 Å². The van der Waals surface area contributed by atoms with E-state index in [2.05, 4.69) is 97.1 Å². The minimum atomic E-state index is -0.151. The standard InChI is InChI=1S/C39H25N3OS/c1-3-12-24(13-4-1)37-40-38(25-14-5-2-6-15-25)42-39(41-37)36-27(22-23-31-35(36)28-16-7-9-19-30(28)43-31)26-18-11-21-33-34(26)29-17-8-10-20-32(29)44-33/h1-23,31,35H. The van der Waals surface area contributed by atoms with Crippen molar-refractivity contribution >= 4 is 42.7 Å². The molecule has 0 fully saturated rings. The molecule has 2 atom stereocenters. The Morgan fingerprint density at radius 2 is 1.20 bits per heavy atom. The van der Waals surface area contributed by atoms with E-state index in [0.29, 0.717) is 17.5 Å². The number of rotatable bonds is 4. The summed E-state index contributed by atoms with van der Waals surface area (Å²) in [7, 11) is 0. The first kappa shape index (κ1) is 25.1. The van der Waals surface area contributed by atoms with E-state index < -0.39 is 0 Å². The van der Waals surface area contributed by atoms with Crippen LogP contribution in [0.1, 0.15) is 22.9 Å². The van der Waals surface area contributed by atoms with E-state index in [1.54, 1.807) is 0 Å². The molecule has 2 unspecified atom stereocenters. The molecule has 9 rings (SSSR count). The molecule has 0 saturated carbocycles. The van der Waals surface area contributed by atoms with Crippen LogP contribution in [-0.4, -0.2) is 21.1 Å². The third kappa shape index (κ3) is 4.01. The molecular weight excluding hydrogens is 559 g/mol. The molecule has 0 N–H and O–H groups in total. The lowest BCUT2D eigenvalue weighted by Crippen LogP contribution is -2.22. The molecule has 44 heavy (non-hydrogen) atoms. The van der Waals surface area contributed by atoms with Gasteiger partial charge < -0.3 is 4.74 Å². The van der Waals surface area contributed by atoms with Gasteiger partial charge in [0.15, 0.2) is 17.5 Å². The number of benzene rings is 5. The van der Waals surface area contributed by atoms with E-state index in [1.807, 2.05) is 53.8 Å². The van der Waals surface area contributed by atoms with Gasteiger partial charge in [0.05, 0.1) is 5.92 Å². The molecule has 5 aromatic carbocycles. The van der Waals surface area contributed by atoms with Gasteiger partial charge >= 0.3 is 0 Å². The van der Waals surface area contributed by atoms with E-state index in [0.717, 1.165) is 33.6 Å². The Labute approximate surface area is 258 Å². The Hall–Kier alpha value is -5.39. The molecule has 208 valence electrons. The van der Waals surface area contributed by atoms with Crippen molar-refractivity contribution in [2.75, 3.05) is 0 Å². The Balaban J connectivity index is 1.38. The van der Waals surface area contributed by atoms with E-state index in [-0.39, 0.29) is 12.0 Å². The van der Waals surface area contributed by atoms with E-state index in [9.17, 15) is 0 Å². The van der Waals surface area contributed by atoms with Crippen LogP contribution in [0, 0.1) is 0 Å². The number of thiophene rings is 1. The number of nitrogens with zero attached hydrogens (tertiary/aromatic N) is 3. The van der Waals surface area contributed by atoms with Crippen LogP contribution in [0.25, 0.3) is 54.1 Å². The summed E-state index contributed by atoms with van der Waals surface area (Å²) >= 11 is 1.83. The van der Waals surface area contributed by atoms with Gasteiger partial charge in [-0.2, -0.15) is 0 Å². The molecule has 3 heterocycles. The fraction of sp³-hybridized carbons (Fsp3) is 0.0513. The molecule has 0 spiro atoms. The Bertz CT molecular complexity index is 2210.